The Morgan fingerprint density at radius 2 is 1.31 bits per heavy atom. The van der Waals surface area contributed by atoms with Gasteiger partial charge in [-0.25, -0.2) is 8.42 Å². The fourth-order valence-corrected chi connectivity index (χ4v) is 4.69. The van der Waals surface area contributed by atoms with Gasteiger partial charge in [0, 0.05) is 44.7 Å². The van der Waals surface area contributed by atoms with E-state index in [4.69, 9.17) is 19.5 Å². The van der Waals surface area contributed by atoms with Crippen molar-refractivity contribution in [3.63, 3.8) is 0 Å². The molecule has 2 aliphatic carbocycles. The first-order valence-electron chi connectivity index (χ1n) is 11.7. The van der Waals surface area contributed by atoms with Crippen molar-refractivity contribution in [3.05, 3.63) is 65.1 Å². The lowest BCUT2D eigenvalue weighted by molar-refractivity contribution is 0.0917. The van der Waals surface area contributed by atoms with Crippen molar-refractivity contribution in [1.29, 1.82) is 0 Å². The van der Waals surface area contributed by atoms with E-state index >= 15 is 0 Å². The maximum atomic E-state index is 12.0. The van der Waals surface area contributed by atoms with E-state index in [1.165, 1.54) is 18.2 Å². The van der Waals surface area contributed by atoms with Crippen LogP contribution in [0.3, 0.4) is 0 Å². The maximum Gasteiger partial charge on any atom is 0.287 e. The number of hydrogen-bond acceptors (Lipinski definition) is 6. The summed E-state index contributed by atoms with van der Waals surface area (Å²) >= 11 is 0. The first-order chi connectivity index (χ1) is 17.1. The van der Waals surface area contributed by atoms with Gasteiger partial charge in [-0.15, -0.1) is 0 Å². The van der Waals surface area contributed by atoms with Gasteiger partial charge in [0.2, 0.25) is 0 Å². The number of hydrogen-bond donors (Lipinski definition) is 2. The third kappa shape index (κ3) is 5.12. The molecule has 2 amide bonds. The van der Waals surface area contributed by atoms with Crippen LogP contribution in [0.25, 0.3) is 21.9 Å². The molecule has 2 heterocycles. The van der Waals surface area contributed by atoms with Crippen molar-refractivity contribution in [2.75, 3.05) is 0 Å². The molecule has 36 heavy (non-hydrogen) atoms. The zero-order valence-electron chi connectivity index (χ0n) is 19.8. The van der Waals surface area contributed by atoms with E-state index in [1.54, 1.807) is 6.92 Å². The summed E-state index contributed by atoms with van der Waals surface area (Å²) in [6, 6.07) is 12.6. The summed E-state index contributed by atoms with van der Waals surface area (Å²) in [7, 11) is 1.52. The van der Waals surface area contributed by atoms with Gasteiger partial charge < -0.3 is 19.5 Å². The molecule has 2 fully saturated rings. The first-order valence-corrected chi connectivity index (χ1v) is 14.0. The number of halogens is 1. The van der Waals surface area contributed by atoms with E-state index in [2.05, 4.69) is 10.6 Å². The molecular formula is C26H25ClN2O6S. The van der Waals surface area contributed by atoms with Gasteiger partial charge >= 0.3 is 0 Å². The Balaban J connectivity index is 0.000000152. The normalized spacial score (nSPS) is 15.4. The average molecular weight is 529 g/mol. The van der Waals surface area contributed by atoms with Gasteiger partial charge in [0.15, 0.2) is 11.5 Å². The third-order valence-electron chi connectivity index (χ3n) is 6.27. The molecule has 188 valence electrons. The van der Waals surface area contributed by atoms with E-state index in [9.17, 15) is 18.0 Å². The average Bonchev–Trinajstić information content (AvgIpc) is 3.77. The Kier molecular flexibility index (Phi) is 6.30. The highest BCUT2D eigenvalue weighted by molar-refractivity contribution is 8.13. The van der Waals surface area contributed by atoms with Crippen molar-refractivity contribution in [3.8, 4) is 0 Å². The molecule has 8 nitrogen and oxygen atoms in total. The van der Waals surface area contributed by atoms with Crippen LogP contribution in [0.1, 0.15) is 57.9 Å². The van der Waals surface area contributed by atoms with Crippen LogP contribution in [0.5, 0.6) is 0 Å². The highest BCUT2D eigenvalue weighted by Gasteiger charge is 2.28. The largest absolute Gasteiger partial charge is 0.451 e. The fourth-order valence-electron chi connectivity index (χ4n) is 3.92. The highest BCUT2D eigenvalue weighted by Crippen LogP contribution is 2.30. The van der Waals surface area contributed by atoms with E-state index in [1.807, 2.05) is 31.2 Å². The SMILES string of the molecule is Cc1c(C(=O)NC2CC2)oc2ccc(S(=O)(=O)Cl)cc12.Cc1c(C(=O)NC2CC2)oc2ccccc12. The molecule has 0 spiro atoms. The van der Waals surface area contributed by atoms with E-state index < -0.39 is 9.05 Å². The molecule has 2 saturated carbocycles. The summed E-state index contributed by atoms with van der Waals surface area (Å²) in [6.07, 6.45) is 4.15. The molecule has 6 rings (SSSR count). The van der Waals surface area contributed by atoms with Crippen LogP contribution in [-0.4, -0.2) is 32.3 Å². The topological polar surface area (TPSA) is 119 Å². The molecule has 10 heteroatoms. The number of furan rings is 2. The van der Waals surface area contributed by atoms with Crippen molar-refractivity contribution in [1.82, 2.24) is 10.6 Å². The van der Waals surface area contributed by atoms with Crippen molar-refractivity contribution in [2.24, 2.45) is 0 Å². The Labute approximate surface area is 212 Å². The zero-order valence-corrected chi connectivity index (χ0v) is 21.3. The highest BCUT2D eigenvalue weighted by atomic mass is 35.7. The summed E-state index contributed by atoms with van der Waals surface area (Å²) in [5, 5.41) is 7.37. The van der Waals surface area contributed by atoms with Crippen molar-refractivity contribution >= 4 is 53.5 Å². The molecule has 2 aromatic heterocycles. The lowest BCUT2D eigenvalue weighted by Gasteiger charge is -2.00. The summed E-state index contributed by atoms with van der Waals surface area (Å²) in [6.45, 7) is 3.64. The summed E-state index contributed by atoms with van der Waals surface area (Å²) in [4.78, 5) is 23.9. The molecule has 0 aliphatic heterocycles. The van der Waals surface area contributed by atoms with Gasteiger partial charge in [-0.3, -0.25) is 9.59 Å². The van der Waals surface area contributed by atoms with Gasteiger partial charge in [-0.1, -0.05) is 18.2 Å². The van der Waals surface area contributed by atoms with Crippen LogP contribution in [0, 0.1) is 13.8 Å². The van der Waals surface area contributed by atoms with E-state index in [0.717, 1.165) is 42.2 Å². The Morgan fingerprint density at radius 1 is 0.806 bits per heavy atom. The molecule has 2 aromatic carbocycles. The lowest BCUT2D eigenvalue weighted by atomic mass is 10.1. The Morgan fingerprint density at radius 3 is 1.81 bits per heavy atom. The Bertz CT molecular complexity index is 1600. The number of amides is 2. The second-order valence-corrected chi connectivity index (χ2v) is 11.8. The Hall–Kier alpha value is -3.30. The molecule has 0 radical (unpaired) electrons. The fraction of sp³-hybridized carbons (Fsp3) is 0.308. The van der Waals surface area contributed by atoms with Gasteiger partial charge in [-0.2, -0.15) is 0 Å². The molecule has 0 atom stereocenters. The standard InChI is InChI=1S/C13H12ClNO4S.C13H13NO2/c1-7-10-6-9(20(14,17)18)4-5-11(10)19-12(7)13(16)15-8-2-3-8;1-8-10-4-2-3-5-11(10)16-12(8)13(15)14-9-6-7-9/h4-6,8H,2-3H2,1H3,(H,15,16);2-5,9H,6-7H2,1H3,(H,14,15). The first kappa shape index (κ1) is 24.4. The molecule has 0 saturated heterocycles. The number of nitrogens with one attached hydrogen (secondary N) is 2. The number of fused-ring (bicyclic) bond motifs is 2. The molecule has 0 bridgehead atoms. The smallest absolute Gasteiger partial charge is 0.287 e. The van der Waals surface area contributed by atoms with Crippen LogP contribution in [0.2, 0.25) is 0 Å². The monoisotopic (exact) mass is 528 g/mol. The van der Waals surface area contributed by atoms with Crippen molar-refractivity contribution < 1.29 is 26.8 Å². The van der Waals surface area contributed by atoms with Crippen LogP contribution in [-0.2, 0) is 9.05 Å². The molecule has 2 N–H and O–H groups in total. The van der Waals surface area contributed by atoms with E-state index in [0.29, 0.717) is 28.3 Å². The predicted octanol–water partition coefficient (Wildman–Crippen LogP) is 5.19. The third-order valence-corrected chi connectivity index (χ3v) is 7.62. The maximum absolute atomic E-state index is 12.0. The minimum atomic E-state index is -3.80. The lowest BCUT2D eigenvalue weighted by Crippen LogP contribution is -2.25. The number of benzene rings is 2. The molecular weight excluding hydrogens is 504 g/mol. The van der Waals surface area contributed by atoms with Crippen molar-refractivity contribution in [2.45, 2.75) is 56.5 Å². The van der Waals surface area contributed by atoms with Gasteiger partial charge in [0.1, 0.15) is 11.2 Å². The molecule has 2 aliphatic rings. The number of aryl methyl sites for hydroxylation is 2. The second-order valence-electron chi connectivity index (χ2n) is 9.20. The van der Waals surface area contributed by atoms with Crippen LogP contribution < -0.4 is 10.6 Å². The van der Waals surface area contributed by atoms with Gasteiger partial charge in [-0.05, 0) is 63.8 Å². The summed E-state index contributed by atoms with van der Waals surface area (Å²) < 4.78 is 33.8. The summed E-state index contributed by atoms with van der Waals surface area (Å²) in [5.74, 6) is 0.316. The minimum absolute atomic E-state index is 0.00952. The summed E-state index contributed by atoms with van der Waals surface area (Å²) in [5.41, 5.74) is 2.78. The van der Waals surface area contributed by atoms with Crippen LogP contribution in [0.15, 0.2) is 56.2 Å². The number of carbonyl (C=O) groups excluding carboxylic acids is 2. The van der Waals surface area contributed by atoms with Crippen LogP contribution in [0.4, 0.5) is 0 Å². The number of para-hydroxylation sites is 1. The number of carbonyl (C=O) groups is 2. The molecule has 4 aromatic rings. The predicted molar refractivity (Wildman–Crippen MR) is 136 cm³/mol. The molecule has 0 unspecified atom stereocenters. The van der Waals surface area contributed by atoms with Gasteiger partial charge in [0.05, 0.1) is 4.90 Å². The number of rotatable bonds is 5. The minimum Gasteiger partial charge on any atom is -0.451 e. The second kappa shape index (κ2) is 9.29. The van der Waals surface area contributed by atoms with Gasteiger partial charge in [0.25, 0.3) is 20.9 Å². The zero-order chi connectivity index (χ0) is 25.6. The van der Waals surface area contributed by atoms with Crippen LogP contribution >= 0.6 is 10.7 Å². The quantitative estimate of drug-likeness (QED) is 0.344. The van der Waals surface area contributed by atoms with E-state index in [-0.39, 0.29) is 28.5 Å².